The smallest absolute Gasteiger partial charge is 0.419 e. The number of benzene rings is 3. The van der Waals surface area contributed by atoms with Gasteiger partial charge in [-0.2, -0.15) is 13.2 Å². The zero-order valence-electron chi connectivity index (χ0n) is 19.1. The number of alkyl halides is 3. The first kappa shape index (κ1) is 24.2. The summed E-state index contributed by atoms with van der Waals surface area (Å²) < 4.78 is 75.4. The zero-order valence-corrected chi connectivity index (χ0v) is 19.9. The molecule has 34 heavy (non-hydrogen) atoms. The molecule has 0 spiro atoms. The monoisotopic (exact) mass is 493 g/mol. The molecular weight excluding hydrogens is 467 g/mol. The molecule has 1 aliphatic heterocycles. The third-order valence-corrected chi connectivity index (χ3v) is 7.25. The number of ether oxygens (including phenoxy) is 1. The number of fused-ring (bicyclic) bond motifs is 1. The number of halogens is 3. The minimum absolute atomic E-state index is 0.00452. The van der Waals surface area contributed by atoms with E-state index in [2.05, 4.69) is 4.72 Å². The van der Waals surface area contributed by atoms with Crippen LogP contribution >= 0.6 is 0 Å². The number of anilines is 2. The highest BCUT2D eigenvalue weighted by Crippen LogP contribution is 2.39. The van der Waals surface area contributed by atoms with E-state index in [0.717, 1.165) is 29.3 Å². The molecule has 0 saturated carbocycles. The predicted molar refractivity (Wildman–Crippen MR) is 127 cm³/mol. The number of nitrogens with one attached hydrogen (secondary N) is 1. The van der Waals surface area contributed by atoms with Crippen LogP contribution in [-0.4, -0.2) is 53.7 Å². The molecule has 0 amide bonds. The maximum atomic E-state index is 13.6. The van der Waals surface area contributed by atoms with E-state index in [0.29, 0.717) is 24.9 Å². The molecule has 3 aromatic rings. The van der Waals surface area contributed by atoms with E-state index in [1.54, 1.807) is 18.2 Å². The summed E-state index contributed by atoms with van der Waals surface area (Å²) in [6.07, 6.45) is -4.44. The van der Waals surface area contributed by atoms with Gasteiger partial charge in [-0.3, -0.25) is 4.72 Å². The number of sulfonamides is 1. The fraction of sp³-hybridized carbons (Fsp3) is 0.333. The van der Waals surface area contributed by atoms with E-state index < -0.39 is 27.9 Å². The minimum Gasteiger partial charge on any atom is -0.488 e. The average Bonchev–Trinajstić information content (AvgIpc) is 3.16. The maximum Gasteiger partial charge on any atom is 0.419 e. The summed E-state index contributed by atoms with van der Waals surface area (Å²) in [5.74, 6) is -0.388. The lowest BCUT2D eigenvalue weighted by Crippen LogP contribution is -2.23. The molecule has 3 aromatic carbocycles. The van der Waals surface area contributed by atoms with Crippen molar-refractivity contribution in [3.05, 3.63) is 60.2 Å². The Hall–Kier alpha value is -2.98. The van der Waals surface area contributed by atoms with Crippen molar-refractivity contribution in [3.63, 3.8) is 0 Å². The Balaban J connectivity index is 1.71. The summed E-state index contributed by atoms with van der Waals surface area (Å²) in [5, 5.41) is 1.26. The fourth-order valence-electron chi connectivity index (χ4n) is 4.19. The first-order chi connectivity index (χ1) is 16.0. The van der Waals surface area contributed by atoms with Gasteiger partial charge >= 0.3 is 6.18 Å². The standard InChI is InChI=1S/C24H26F3N3O3S/c1-29(2)21-8-4-7-19-18(21)6-5-9-23(19)34(31,32)28-16-10-11-20(24(25,26)27)22(14-16)33-17-12-13-30(3)15-17/h4-11,14,17,28H,12-13,15H2,1-3H3/t17-/m0/s1. The Bertz CT molecular complexity index is 1310. The second-order valence-corrected chi connectivity index (χ2v) is 10.3. The lowest BCUT2D eigenvalue weighted by molar-refractivity contribution is -0.139. The number of hydrogen-bond acceptors (Lipinski definition) is 5. The molecule has 182 valence electrons. The van der Waals surface area contributed by atoms with Crippen molar-refractivity contribution in [1.82, 2.24) is 4.90 Å². The molecule has 0 radical (unpaired) electrons. The quantitative estimate of drug-likeness (QED) is 0.534. The van der Waals surface area contributed by atoms with Crippen LogP contribution in [0.3, 0.4) is 0 Å². The van der Waals surface area contributed by atoms with Crippen LogP contribution in [0.1, 0.15) is 12.0 Å². The molecule has 1 atom stereocenters. The highest BCUT2D eigenvalue weighted by Gasteiger charge is 2.36. The fourth-order valence-corrected chi connectivity index (χ4v) is 5.46. The summed E-state index contributed by atoms with van der Waals surface area (Å²) >= 11 is 0. The highest BCUT2D eigenvalue weighted by atomic mass is 32.2. The highest BCUT2D eigenvalue weighted by molar-refractivity contribution is 7.93. The van der Waals surface area contributed by atoms with Crippen LogP contribution in [0.2, 0.25) is 0 Å². The van der Waals surface area contributed by atoms with Crippen molar-refractivity contribution in [3.8, 4) is 5.75 Å². The van der Waals surface area contributed by atoms with E-state index in [4.69, 9.17) is 4.74 Å². The van der Waals surface area contributed by atoms with Crippen molar-refractivity contribution in [1.29, 1.82) is 0 Å². The van der Waals surface area contributed by atoms with E-state index in [9.17, 15) is 21.6 Å². The number of hydrogen-bond donors (Lipinski definition) is 1. The molecule has 1 N–H and O–H groups in total. The van der Waals surface area contributed by atoms with Gasteiger partial charge in [-0.15, -0.1) is 0 Å². The van der Waals surface area contributed by atoms with Gasteiger partial charge in [-0.25, -0.2) is 8.42 Å². The van der Waals surface area contributed by atoms with Crippen molar-refractivity contribution in [2.45, 2.75) is 23.6 Å². The van der Waals surface area contributed by atoms with E-state index in [1.165, 1.54) is 6.07 Å². The minimum atomic E-state index is -4.63. The van der Waals surface area contributed by atoms with Gasteiger partial charge in [0.1, 0.15) is 11.9 Å². The molecule has 1 aliphatic rings. The Morgan fingerprint density at radius 1 is 1.06 bits per heavy atom. The van der Waals surface area contributed by atoms with E-state index in [-0.39, 0.29) is 16.3 Å². The first-order valence-electron chi connectivity index (χ1n) is 10.7. The second-order valence-electron chi connectivity index (χ2n) is 8.63. The van der Waals surface area contributed by atoms with Gasteiger partial charge in [0.15, 0.2) is 0 Å². The van der Waals surface area contributed by atoms with Crippen molar-refractivity contribution in [2.75, 3.05) is 43.9 Å². The molecule has 6 nitrogen and oxygen atoms in total. The summed E-state index contributed by atoms with van der Waals surface area (Å²) in [6, 6.07) is 13.3. The maximum absolute atomic E-state index is 13.6. The zero-order chi connectivity index (χ0) is 24.7. The van der Waals surface area contributed by atoms with Crippen LogP contribution in [-0.2, 0) is 16.2 Å². The van der Waals surface area contributed by atoms with Crippen LogP contribution in [0.4, 0.5) is 24.5 Å². The molecule has 0 bridgehead atoms. The van der Waals surface area contributed by atoms with Gasteiger partial charge in [0.25, 0.3) is 10.0 Å². The largest absolute Gasteiger partial charge is 0.488 e. The van der Waals surface area contributed by atoms with E-state index >= 15 is 0 Å². The summed E-state index contributed by atoms with van der Waals surface area (Å²) in [7, 11) is 1.49. The van der Waals surface area contributed by atoms with Crippen molar-refractivity contribution < 1.29 is 26.3 Å². The first-order valence-corrected chi connectivity index (χ1v) is 12.2. The molecule has 1 saturated heterocycles. The lowest BCUT2D eigenvalue weighted by Gasteiger charge is -2.20. The molecule has 4 rings (SSSR count). The summed E-state index contributed by atoms with van der Waals surface area (Å²) in [5.41, 5.74) is -0.0952. The van der Waals surface area contributed by atoms with Crippen LogP contribution in [0.5, 0.6) is 5.75 Å². The Kier molecular flexibility index (Phi) is 6.39. The average molecular weight is 494 g/mol. The molecule has 1 fully saturated rings. The van der Waals surface area contributed by atoms with Gasteiger partial charge in [0.2, 0.25) is 0 Å². The number of likely N-dealkylation sites (N-methyl/N-ethyl adjacent to an activating group) is 1. The molecule has 0 unspecified atom stereocenters. The molecule has 10 heteroatoms. The summed E-state index contributed by atoms with van der Waals surface area (Å²) in [6.45, 7) is 1.21. The van der Waals surface area contributed by atoms with Gasteiger partial charge in [0, 0.05) is 49.7 Å². The number of nitrogens with zero attached hydrogens (tertiary/aromatic N) is 2. The van der Waals surface area contributed by atoms with Gasteiger partial charge in [0.05, 0.1) is 16.1 Å². The second kappa shape index (κ2) is 8.99. The van der Waals surface area contributed by atoms with Gasteiger partial charge in [-0.1, -0.05) is 24.3 Å². The van der Waals surface area contributed by atoms with Crippen molar-refractivity contribution in [2.24, 2.45) is 0 Å². The Morgan fingerprint density at radius 3 is 2.41 bits per heavy atom. The lowest BCUT2D eigenvalue weighted by atomic mass is 10.1. The number of rotatable bonds is 6. The number of likely N-dealkylation sites (tertiary alicyclic amines) is 1. The normalized spacial score (nSPS) is 17.2. The third-order valence-electron chi connectivity index (χ3n) is 5.81. The van der Waals surface area contributed by atoms with Crippen LogP contribution in [0.25, 0.3) is 10.8 Å². The topological polar surface area (TPSA) is 61.9 Å². The summed E-state index contributed by atoms with van der Waals surface area (Å²) in [4.78, 5) is 3.88. The van der Waals surface area contributed by atoms with Crippen LogP contribution in [0.15, 0.2) is 59.5 Å². The Morgan fingerprint density at radius 2 is 1.76 bits per heavy atom. The molecule has 0 aromatic heterocycles. The van der Waals surface area contributed by atoms with Crippen LogP contribution < -0.4 is 14.4 Å². The van der Waals surface area contributed by atoms with Gasteiger partial charge < -0.3 is 14.5 Å². The SMILES string of the molecule is CN1CC[C@H](Oc2cc(NS(=O)(=O)c3cccc4c(N(C)C)cccc34)ccc2C(F)(F)F)C1. The predicted octanol–water partition coefficient (Wildman–Crippen LogP) is 4.81. The molecular formula is C24H26F3N3O3S. The Labute approximate surface area is 197 Å². The molecule has 1 heterocycles. The van der Waals surface area contributed by atoms with Crippen molar-refractivity contribution >= 4 is 32.2 Å². The van der Waals surface area contributed by atoms with Gasteiger partial charge in [-0.05, 0) is 37.7 Å². The van der Waals surface area contributed by atoms with Crippen LogP contribution in [0, 0.1) is 0 Å². The third kappa shape index (κ3) is 4.92. The molecule has 0 aliphatic carbocycles. The van der Waals surface area contributed by atoms with E-state index in [1.807, 2.05) is 43.1 Å².